The van der Waals surface area contributed by atoms with Crippen molar-refractivity contribution in [1.29, 1.82) is 0 Å². The third-order valence-electron chi connectivity index (χ3n) is 5.05. The van der Waals surface area contributed by atoms with Crippen molar-refractivity contribution >= 4 is 37.6 Å². The van der Waals surface area contributed by atoms with Gasteiger partial charge in [-0.3, -0.25) is 9.13 Å². The molecule has 0 radical (unpaired) electrons. The summed E-state index contributed by atoms with van der Waals surface area (Å²) in [6.07, 6.45) is 0.232. The molecular weight excluding hydrogens is 446 g/mol. The second-order valence-electron chi connectivity index (χ2n) is 7.24. The lowest BCUT2D eigenvalue weighted by molar-refractivity contribution is -0.176. The molecule has 0 heterocycles. The smallest absolute Gasteiger partial charge is 0.335 e. The van der Waals surface area contributed by atoms with Crippen molar-refractivity contribution in [1.82, 2.24) is 0 Å². The first-order valence-electron chi connectivity index (χ1n) is 10.9. The van der Waals surface area contributed by atoms with Crippen molar-refractivity contribution in [3.8, 4) is 0 Å². The minimum absolute atomic E-state index is 0.232. The largest absolute Gasteiger partial charge is 0.337 e. The normalized spacial score (nSPS) is 12.8. The van der Waals surface area contributed by atoms with E-state index in [-0.39, 0.29) is 14.6 Å². The van der Waals surface area contributed by atoms with E-state index in [1.165, 1.54) is 0 Å². The zero-order valence-electron chi connectivity index (χ0n) is 19.0. The van der Waals surface area contributed by atoms with Gasteiger partial charge in [-0.1, -0.05) is 30.3 Å². The summed E-state index contributed by atoms with van der Waals surface area (Å²) in [6, 6.07) is 15.9. The highest BCUT2D eigenvalue weighted by Crippen LogP contribution is 2.51. The SMILES string of the molecule is CCOC(OCC)(P=O)c1ccc2cc3cc(CP(=O)(OCC)OCC)ccc3cc2c1. The van der Waals surface area contributed by atoms with Crippen molar-refractivity contribution in [2.75, 3.05) is 26.4 Å². The maximum absolute atomic E-state index is 12.9. The van der Waals surface area contributed by atoms with Gasteiger partial charge >= 0.3 is 7.60 Å². The van der Waals surface area contributed by atoms with E-state index in [0.29, 0.717) is 32.0 Å². The van der Waals surface area contributed by atoms with Gasteiger partial charge in [-0.25, -0.2) is 0 Å². The van der Waals surface area contributed by atoms with Crippen LogP contribution in [0.4, 0.5) is 0 Å². The van der Waals surface area contributed by atoms with E-state index in [9.17, 15) is 9.13 Å². The molecule has 0 aliphatic heterocycles. The molecule has 0 aliphatic carbocycles. The van der Waals surface area contributed by atoms with Crippen molar-refractivity contribution in [2.24, 2.45) is 0 Å². The number of hydrogen-bond donors (Lipinski definition) is 0. The van der Waals surface area contributed by atoms with Gasteiger partial charge in [0, 0.05) is 18.8 Å². The van der Waals surface area contributed by atoms with Gasteiger partial charge in [0.15, 0.2) is 0 Å². The van der Waals surface area contributed by atoms with Crippen LogP contribution in [0.5, 0.6) is 0 Å². The van der Waals surface area contributed by atoms with E-state index < -0.39 is 13.1 Å². The minimum Gasteiger partial charge on any atom is -0.337 e. The molecule has 0 fully saturated rings. The maximum Gasteiger partial charge on any atom is 0.335 e. The van der Waals surface area contributed by atoms with Crippen LogP contribution in [0, 0.1) is 0 Å². The van der Waals surface area contributed by atoms with E-state index in [2.05, 4.69) is 12.1 Å². The third-order valence-corrected chi connectivity index (χ3v) is 7.87. The van der Waals surface area contributed by atoms with Gasteiger partial charge in [-0.15, -0.1) is 0 Å². The molecule has 6 nitrogen and oxygen atoms in total. The molecule has 0 aromatic heterocycles. The summed E-state index contributed by atoms with van der Waals surface area (Å²) in [5.41, 5.74) is 0.294. The quantitative estimate of drug-likeness (QED) is 0.156. The van der Waals surface area contributed by atoms with Crippen LogP contribution in [0.2, 0.25) is 0 Å². The number of hydrogen-bond acceptors (Lipinski definition) is 6. The standard InChI is InChI=1S/C24H30O6P2/c1-5-27-24(31-25,28-6-2)23-12-11-20-14-21-13-18(9-10-19(21)15-22(20)16-23)17-32(26,29-7-3)30-8-4/h9-16H,5-8,17H2,1-4H3. The third kappa shape index (κ3) is 5.46. The summed E-state index contributed by atoms with van der Waals surface area (Å²) < 4.78 is 47.3. The second kappa shape index (κ2) is 11.0. The number of fused-ring (bicyclic) bond motifs is 2. The Balaban J connectivity index is 2.01. The van der Waals surface area contributed by atoms with Gasteiger partial charge < -0.3 is 18.5 Å². The molecule has 0 spiro atoms. The molecule has 0 saturated carbocycles. The predicted octanol–water partition coefficient (Wildman–Crippen LogP) is 7.23. The Hall–Kier alpha value is -1.65. The Bertz CT molecular complexity index is 1110. The maximum atomic E-state index is 12.9. The lowest BCUT2D eigenvalue weighted by Gasteiger charge is -2.27. The summed E-state index contributed by atoms with van der Waals surface area (Å²) in [5.74, 6) is 0. The van der Waals surface area contributed by atoms with Crippen LogP contribution in [-0.2, 0) is 39.3 Å². The molecule has 3 aromatic rings. The molecule has 3 rings (SSSR count). The Labute approximate surface area is 190 Å². The molecule has 3 aromatic carbocycles. The Morgan fingerprint density at radius 1 is 0.750 bits per heavy atom. The summed E-state index contributed by atoms with van der Waals surface area (Å²) in [7, 11) is -3.41. The van der Waals surface area contributed by atoms with Crippen molar-refractivity contribution < 1.29 is 27.7 Å². The van der Waals surface area contributed by atoms with Crippen LogP contribution >= 0.6 is 16.1 Å². The van der Waals surface area contributed by atoms with E-state index in [1.807, 2.05) is 64.1 Å². The Morgan fingerprint density at radius 3 is 1.84 bits per heavy atom. The lowest BCUT2D eigenvalue weighted by atomic mass is 10.00. The first kappa shape index (κ1) is 25.0. The fraction of sp³-hybridized carbons (Fsp3) is 0.417. The van der Waals surface area contributed by atoms with Crippen molar-refractivity contribution in [2.45, 2.75) is 39.4 Å². The first-order chi connectivity index (χ1) is 15.4. The predicted molar refractivity (Wildman–Crippen MR) is 129 cm³/mol. The van der Waals surface area contributed by atoms with Crippen molar-refractivity contribution in [3.05, 3.63) is 59.7 Å². The average molecular weight is 476 g/mol. The summed E-state index contributed by atoms with van der Waals surface area (Å²) in [5, 5.41) is 4.09. The van der Waals surface area contributed by atoms with Crippen LogP contribution in [0.15, 0.2) is 48.5 Å². The van der Waals surface area contributed by atoms with E-state index in [1.54, 1.807) is 0 Å². The van der Waals surface area contributed by atoms with E-state index in [4.69, 9.17) is 18.5 Å². The molecular formula is C24H30O6P2. The number of rotatable bonds is 12. The van der Waals surface area contributed by atoms with Crippen LogP contribution < -0.4 is 0 Å². The molecule has 0 atom stereocenters. The average Bonchev–Trinajstić information content (AvgIpc) is 2.77. The zero-order valence-corrected chi connectivity index (χ0v) is 20.8. The summed E-state index contributed by atoms with van der Waals surface area (Å²) >= 11 is 0. The molecule has 0 bridgehead atoms. The minimum atomic E-state index is -3.17. The van der Waals surface area contributed by atoms with Gasteiger partial charge in [0.25, 0.3) is 5.53 Å². The zero-order chi connectivity index (χ0) is 23.2. The molecule has 0 unspecified atom stereocenters. The highest BCUT2D eigenvalue weighted by molar-refractivity contribution is 7.53. The van der Waals surface area contributed by atoms with Crippen LogP contribution in [0.3, 0.4) is 0 Å². The van der Waals surface area contributed by atoms with Gasteiger partial charge in [-0.05, 0) is 73.0 Å². The van der Waals surface area contributed by atoms with Crippen molar-refractivity contribution in [3.63, 3.8) is 0 Å². The fourth-order valence-corrected chi connectivity index (χ4v) is 6.09. The molecule has 0 saturated heterocycles. The summed E-state index contributed by atoms with van der Waals surface area (Å²) in [4.78, 5) is 0. The first-order valence-corrected chi connectivity index (χ1v) is 13.4. The highest BCUT2D eigenvalue weighted by Gasteiger charge is 2.35. The second-order valence-corrected chi connectivity index (χ2v) is 10.1. The Kier molecular flexibility index (Phi) is 8.57. The van der Waals surface area contributed by atoms with Gasteiger partial charge in [0.05, 0.1) is 19.4 Å². The van der Waals surface area contributed by atoms with Gasteiger partial charge in [0.1, 0.15) is 0 Å². The molecule has 32 heavy (non-hydrogen) atoms. The Morgan fingerprint density at radius 2 is 1.31 bits per heavy atom. The van der Waals surface area contributed by atoms with Gasteiger partial charge in [0.2, 0.25) is 8.46 Å². The highest BCUT2D eigenvalue weighted by atomic mass is 31.2. The molecule has 0 N–H and O–H groups in total. The summed E-state index contributed by atoms with van der Waals surface area (Å²) in [6.45, 7) is 8.75. The topological polar surface area (TPSA) is 71.1 Å². The van der Waals surface area contributed by atoms with E-state index in [0.717, 1.165) is 27.1 Å². The van der Waals surface area contributed by atoms with Crippen LogP contribution in [-0.4, -0.2) is 26.4 Å². The van der Waals surface area contributed by atoms with Gasteiger partial charge in [-0.2, -0.15) is 0 Å². The van der Waals surface area contributed by atoms with E-state index >= 15 is 0 Å². The lowest BCUT2D eigenvalue weighted by Crippen LogP contribution is -2.27. The molecule has 8 heteroatoms. The van der Waals surface area contributed by atoms with Crippen LogP contribution in [0.1, 0.15) is 38.8 Å². The fourth-order valence-electron chi connectivity index (χ4n) is 3.79. The monoisotopic (exact) mass is 476 g/mol. The number of benzene rings is 3. The van der Waals surface area contributed by atoms with Crippen LogP contribution in [0.25, 0.3) is 21.5 Å². The molecule has 0 amide bonds. The number of ether oxygens (including phenoxy) is 2. The molecule has 0 aliphatic rings. The molecule has 172 valence electrons.